The molecule has 25 heavy (non-hydrogen) atoms. The highest BCUT2D eigenvalue weighted by Crippen LogP contribution is 2.21. The summed E-state index contributed by atoms with van der Waals surface area (Å²) in [6, 6.07) is 13.2. The molecule has 0 spiro atoms. The number of aromatic nitrogens is 5. The Morgan fingerprint density at radius 3 is 2.60 bits per heavy atom. The summed E-state index contributed by atoms with van der Waals surface area (Å²) in [6.07, 6.45) is 3.11. The Hall–Kier alpha value is -2.99. The van der Waals surface area contributed by atoms with Gasteiger partial charge >= 0.3 is 0 Å². The molecule has 7 heteroatoms. The minimum Gasteiger partial charge on any atom is -0.309 e. The summed E-state index contributed by atoms with van der Waals surface area (Å²) in [5.41, 5.74) is 3.07. The molecular formula is C18H14ClN5O. The predicted molar refractivity (Wildman–Crippen MR) is 95.8 cm³/mol. The van der Waals surface area contributed by atoms with Gasteiger partial charge in [-0.15, -0.1) is 0 Å². The van der Waals surface area contributed by atoms with Crippen molar-refractivity contribution in [1.29, 1.82) is 0 Å². The van der Waals surface area contributed by atoms with Gasteiger partial charge in [0.2, 0.25) is 5.78 Å². The Bertz CT molecular complexity index is 1100. The molecule has 0 radical (unpaired) electrons. The first-order chi connectivity index (χ1) is 12.1. The normalized spacial score (nSPS) is 11.1. The van der Waals surface area contributed by atoms with Crippen LogP contribution in [0.2, 0.25) is 5.15 Å². The summed E-state index contributed by atoms with van der Waals surface area (Å²) in [5.74, 6) is 0.497. The molecule has 3 aromatic heterocycles. The molecule has 4 aromatic rings. The summed E-state index contributed by atoms with van der Waals surface area (Å²) >= 11 is 5.86. The maximum absolute atomic E-state index is 12.9. The van der Waals surface area contributed by atoms with Crippen LogP contribution in [0.4, 0.5) is 0 Å². The van der Waals surface area contributed by atoms with Crippen LogP contribution in [0, 0.1) is 6.92 Å². The lowest BCUT2D eigenvalue weighted by Crippen LogP contribution is -2.24. The fourth-order valence-electron chi connectivity index (χ4n) is 2.92. The monoisotopic (exact) mass is 351 g/mol. The van der Waals surface area contributed by atoms with E-state index in [1.807, 2.05) is 47.9 Å². The van der Waals surface area contributed by atoms with Crippen molar-refractivity contribution in [3.05, 3.63) is 81.8 Å². The first-order valence-electron chi connectivity index (χ1n) is 7.74. The highest BCUT2D eigenvalue weighted by Gasteiger charge is 2.17. The molecule has 1 aromatic carbocycles. The summed E-state index contributed by atoms with van der Waals surface area (Å²) in [4.78, 5) is 21.3. The second-order valence-electron chi connectivity index (χ2n) is 5.68. The van der Waals surface area contributed by atoms with Crippen LogP contribution in [0.25, 0.3) is 16.9 Å². The van der Waals surface area contributed by atoms with Crippen molar-refractivity contribution < 1.29 is 0 Å². The van der Waals surface area contributed by atoms with Gasteiger partial charge < -0.3 is 4.57 Å². The van der Waals surface area contributed by atoms with Gasteiger partial charge in [-0.1, -0.05) is 48.0 Å². The quantitative estimate of drug-likeness (QED) is 0.532. The molecule has 0 fully saturated rings. The summed E-state index contributed by atoms with van der Waals surface area (Å²) in [6.45, 7) is 2.43. The van der Waals surface area contributed by atoms with Gasteiger partial charge in [0.25, 0.3) is 5.56 Å². The van der Waals surface area contributed by atoms with Crippen LogP contribution in [0.1, 0.15) is 11.3 Å². The van der Waals surface area contributed by atoms with Gasteiger partial charge in [0.05, 0.1) is 12.1 Å². The second kappa shape index (κ2) is 6.14. The molecule has 0 unspecified atom stereocenters. The lowest BCUT2D eigenvalue weighted by atomic mass is 10.1. The van der Waals surface area contributed by atoms with E-state index in [4.69, 9.17) is 11.6 Å². The van der Waals surface area contributed by atoms with Gasteiger partial charge in [-0.05, 0) is 24.1 Å². The van der Waals surface area contributed by atoms with E-state index >= 15 is 0 Å². The predicted octanol–water partition coefficient (Wildman–Crippen LogP) is 2.96. The number of fused-ring (bicyclic) bond motifs is 1. The molecule has 0 bridgehead atoms. The zero-order valence-electron chi connectivity index (χ0n) is 13.4. The van der Waals surface area contributed by atoms with E-state index in [-0.39, 0.29) is 5.56 Å². The second-order valence-corrected chi connectivity index (χ2v) is 6.07. The van der Waals surface area contributed by atoms with Crippen LogP contribution >= 0.6 is 11.6 Å². The lowest BCUT2D eigenvalue weighted by molar-refractivity contribution is 0.732. The van der Waals surface area contributed by atoms with Crippen LogP contribution in [0.15, 0.2) is 59.8 Å². The topological polar surface area (TPSA) is 65.1 Å². The molecule has 0 atom stereocenters. The van der Waals surface area contributed by atoms with Crippen molar-refractivity contribution in [3.63, 3.8) is 0 Å². The van der Waals surface area contributed by atoms with E-state index < -0.39 is 0 Å². The Kier molecular flexibility index (Phi) is 3.82. The smallest absolute Gasteiger partial charge is 0.283 e. The standard InChI is InChI=1S/C18H14ClN5O/c1-12-16(14-5-3-2-4-6-14)17(25)24-18(21-11-22-24)23(12)10-13-7-8-15(19)20-9-13/h2-9,11H,10H2,1H3. The van der Waals surface area contributed by atoms with Crippen molar-refractivity contribution in [2.45, 2.75) is 13.5 Å². The first kappa shape index (κ1) is 15.5. The number of nitrogens with zero attached hydrogens (tertiary/aromatic N) is 5. The van der Waals surface area contributed by atoms with Crippen molar-refractivity contribution in [3.8, 4) is 11.1 Å². The maximum Gasteiger partial charge on any atom is 0.283 e. The number of hydrogen-bond acceptors (Lipinski definition) is 4. The van der Waals surface area contributed by atoms with Crippen molar-refractivity contribution in [1.82, 2.24) is 24.1 Å². The Morgan fingerprint density at radius 2 is 1.88 bits per heavy atom. The van der Waals surface area contributed by atoms with E-state index in [1.165, 1.54) is 10.8 Å². The van der Waals surface area contributed by atoms with Crippen LogP contribution in [-0.2, 0) is 6.54 Å². The summed E-state index contributed by atoms with van der Waals surface area (Å²) in [7, 11) is 0. The molecule has 0 aliphatic heterocycles. The molecule has 6 nitrogen and oxygen atoms in total. The summed E-state index contributed by atoms with van der Waals surface area (Å²) < 4.78 is 3.29. The van der Waals surface area contributed by atoms with E-state index in [0.717, 1.165) is 16.8 Å². The molecule has 0 N–H and O–H groups in total. The number of rotatable bonds is 3. The minimum absolute atomic E-state index is 0.179. The van der Waals surface area contributed by atoms with Crippen molar-refractivity contribution in [2.24, 2.45) is 0 Å². The molecule has 0 saturated heterocycles. The fraction of sp³-hybridized carbons (Fsp3) is 0.111. The maximum atomic E-state index is 12.9. The Balaban J connectivity index is 1.96. The SMILES string of the molecule is Cc1c(-c2ccccc2)c(=O)n2ncnc2n1Cc1ccc(Cl)nc1. The molecule has 4 rings (SSSR count). The largest absolute Gasteiger partial charge is 0.309 e. The van der Waals surface area contributed by atoms with E-state index in [0.29, 0.717) is 23.0 Å². The van der Waals surface area contributed by atoms with Gasteiger partial charge in [-0.25, -0.2) is 4.98 Å². The van der Waals surface area contributed by atoms with E-state index in [2.05, 4.69) is 15.1 Å². The highest BCUT2D eigenvalue weighted by atomic mass is 35.5. The minimum atomic E-state index is -0.179. The molecule has 0 aliphatic rings. The third kappa shape index (κ3) is 2.70. The number of halogens is 1. The van der Waals surface area contributed by atoms with Gasteiger partial charge in [0.15, 0.2) is 0 Å². The molecule has 0 saturated carbocycles. The Labute approximate surface area is 148 Å². The lowest BCUT2D eigenvalue weighted by Gasteiger charge is -2.15. The van der Waals surface area contributed by atoms with Crippen LogP contribution < -0.4 is 5.56 Å². The van der Waals surface area contributed by atoms with E-state index in [1.54, 1.807) is 12.3 Å². The van der Waals surface area contributed by atoms with E-state index in [9.17, 15) is 4.79 Å². The zero-order valence-corrected chi connectivity index (χ0v) is 14.2. The first-order valence-corrected chi connectivity index (χ1v) is 8.12. The van der Waals surface area contributed by atoms with Gasteiger partial charge in [-0.2, -0.15) is 14.6 Å². The van der Waals surface area contributed by atoms with Crippen LogP contribution in [0.3, 0.4) is 0 Å². The van der Waals surface area contributed by atoms with Crippen molar-refractivity contribution >= 4 is 17.4 Å². The number of pyridine rings is 1. The molecule has 124 valence electrons. The zero-order chi connectivity index (χ0) is 17.4. The summed E-state index contributed by atoms with van der Waals surface area (Å²) in [5, 5.41) is 4.54. The average molecular weight is 352 g/mol. The molecular weight excluding hydrogens is 338 g/mol. The highest BCUT2D eigenvalue weighted by molar-refractivity contribution is 6.29. The Morgan fingerprint density at radius 1 is 1.08 bits per heavy atom. The van der Waals surface area contributed by atoms with Crippen molar-refractivity contribution in [2.75, 3.05) is 0 Å². The van der Waals surface area contributed by atoms with Crippen LogP contribution in [-0.4, -0.2) is 24.1 Å². The molecule has 0 amide bonds. The number of benzene rings is 1. The van der Waals surface area contributed by atoms with Crippen LogP contribution in [0.5, 0.6) is 0 Å². The van der Waals surface area contributed by atoms with Gasteiger partial charge in [0, 0.05) is 11.9 Å². The average Bonchev–Trinajstić information content (AvgIpc) is 3.11. The third-order valence-electron chi connectivity index (χ3n) is 4.14. The molecule has 0 aliphatic carbocycles. The number of hydrogen-bond donors (Lipinski definition) is 0. The van der Waals surface area contributed by atoms with Gasteiger partial charge in [0.1, 0.15) is 11.5 Å². The third-order valence-corrected chi connectivity index (χ3v) is 4.36. The fourth-order valence-corrected chi connectivity index (χ4v) is 3.03. The molecule has 3 heterocycles. The van der Waals surface area contributed by atoms with Gasteiger partial charge in [-0.3, -0.25) is 4.79 Å².